The maximum Gasteiger partial charge on any atom is 0.274 e. The maximum absolute atomic E-state index is 13.2. The van der Waals surface area contributed by atoms with E-state index in [0.717, 1.165) is 16.8 Å². The van der Waals surface area contributed by atoms with Crippen molar-refractivity contribution in [3.05, 3.63) is 88.5 Å². The van der Waals surface area contributed by atoms with Crippen LogP contribution in [0, 0.1) is 5.92 Å². The van der Waals surface area contributed by atoms with E-state index in [2.05, 4.69) is 10.3 Å². The number of likely N-dealkylation sites (tertiary alicyclic amines) is 1. The van der Waals surface area contributed by atoms with E-state index in [1.54, 1.807) is 11.2 Å². The lowest BCUT2D eigenvalue weighted by Gasteiger charge is -2.31. The largest absolute Gasteiger partial charge is 0.365 e. The van der Waals surface area contributed by atoms with E-state index in [-0.39, 0.29) is 23.8 Å². The third kappa shape index (κ3) is 4.86. The molecule has 1 fully saturated rings. The molecule has 7 nitrogen and oxygen atoms in total. The predicted molar refractivity (Wildman–Crippen MR) is 128 cm³/mol. The maximum atomic E-state index is 13.2. The molecule has 176 valence electrons. The van der Waals surface area contributed by atoms with Crippen LogP contribution in [0.15, 0.2) is 60.9 Å². The third-order valence-corrected chi connectivity index (χ3v) is 6.85. The lowest BCUT2D eigenvalue weighted by molar-refractivity contribution is -0.126. The number of piperidine rings is 1. The zero-order valence-electron chi connectivity index (χ0n) is 18.8. The van der Waals surface area contributed by atoms with Gasteiger partial charge in [0.2, 0.25) is 5.91 Å². The Morgan fingerprint density at radius 3 is 2.65 bits per heavy atom. The molecule has 0 aliphatic carbocycles. The Balaban J connectivity index is 1.15. The molecule has 0 radical (unpaired) electrons. The van der Waals surface area contributed by atoms with Gasteiger partial charge in [-0.2, -0.15) is 0 Å². The molecule has 1 saturated heterocycles. The summed E-state index contributed by atoms with van der Waals surface area (Å²) < 4.78 is 8.07. The van der Waals surface area contributed by atoms with Crippen molar-refractivity contribution >= 4 is 23.4 Å². The number of aromatic nitrogens is 2. The van der Waals surface area contributed by atoms with Gasteiger partial charge in [0.1, 0.15) is 6.10 Å². The molecule has 3 heterocycles. The van der Waals surface area contributed by atoms with E-state index in [1.165, 1.54) is 0 Å². The number of amides is 2. The summed E-state index contributed by atoms with van der Waals surface area (Å²) in [5.41, 5.74) is 3.36. The van der Waals surface area contributed by atoms with Gasteiger partial charge in [-0.05, 0) is 36.1 Å². The lowest BCUT2D eigenvalue weighted by Crippen LogP contribution is -2.43. The van der Waals surface area contributed by atoms with Crippen LogP contribution < -0.4 is 5.32 Å². The summed E-state index contributed by atoms with van der Waals surface area (Å²) in [6.45, 7) is 2.50. The highest BCUT2D eigenvalue weighted by atomic mass is 35.5. The van der Waals surface area contributed by atoms with Crippen LogP contribution in [0.25, 0.3) is 0 Å². The van der Waals surface area contributed by atoms with Gasteiger partial charge >= 0.3 is 0 Å². The molecule has 3 aromatic rings. The number of halogens is 1. The summed E-state index contributed by atoms with van der Waals surface area (Å²) >= 11 is 6.01. The van der Waals surface area contributed by atoms with Crippen LogP contribution in [0.5, 0.6) is 0 Å². The highest BCUT2D eigenvalue weighted by molar-refractivity contribution is 6.30. The molecule has 2 amide bonds. The number of nitrogens with zero attached hydrogens (tertiary/aromatic N) is 3. The van der Waals surface area contributed by atoms with Crippen LogP contribution in [-0.2, 0) is 29.2 Å². The number of fused-ring (bicyclic) bond motifs is 1. The monoisotopic (exact) mass is 478 g/mol. The van der Waals surface area contributed by atoms with E-state index in [0.29, 0.717) is 56.3 Å². The van der Waals surface area contributed by atoms with Gasteiger partial charge in [-0.1, -0.05) is 54.1 Å². The van der Waals surface area contributed by atoms with Crippen LogP contribution >= 0.6 is 11.6 Å². The number of hydrogen-bond acceptors (Lipinski definition) is 4. The molecule has 1 aromatic heterocycles. The Morgan fingerprint density at radius 2 is 1.88 bits per heavy atom. The Labute approximate surface area is 203 Å². The van der Waals surface area contributed by atoms with Crippen molar-refractivity contribution in [3.8, 4) is 0 Å². The average molecular weight is 479 g/mol. The number of imidazole rings is 1. The summed E-state index contributed by atoms with van der Waals surface area (Å²) in [5, 5.41) is 3.65. The highest BCUT2D eigenvalue weighted by Crippen LogP contribution is 2.28. The minimum absolute atomic E-state index is 0.0202. The number of benzene rings is 2. The number of carbonyl (C=O) groups excluding carboxylic acids is 2. The second-order valence-electron chi connectivity index (χ2n) is 8.82. The minimum Gasteiger partial charge on any atom is -0.365 e. The molecule has 34 heavy (non-hydrogen) atoms. The SMILES string of the molecule is O=C(NCc1cccc(Cl)c1)C1CCN(C(=O)c2ncn3c2CO[C@H](c2ccccc2)C3)CC1. The van der Waals surface area contributed by atoms with E-state index < -0.39 is 0 Å². The van der Waals surface area contributed by atoms with Crippen molar-refractivity contribution < 1.29 is 14.3 Å². The van der Waals surface area contributed by atoms with Gasteiger partial charge < -0.3 is 19.5 Å². The van der Waals surface area contributed by atoms with E-state index in [4.69, 9.17) is 16.3 Å². The summed E-state index contributed by atoms with van der Waals surface area (Å²) in [6.07, 6.45) is 2.95. The first kappa shape index (κ1) is 22.6. The molecule has 1 N–H and O–H groups in total. The Kier molecular flexibility index (Phi) is 6.65. The summed E-state index contributed by atoms with van der Waals surface area (Å²) in [6, 6.07) is 17.5. The Morgan fingerprint density at radius 1 is 1.09 bits per heavy atom. The molecule has 2 aliphatic heterocycles. The van der Waals surface area contributed by atoms with Crippen LogP contribution in [-0.4, -0.2) is 39.4 Å². The van der Waals surface area contributed by atoms with Gasteiger partial charge in [-0.25, -0.2) is 4.98 Å². The Bertz CT molecular complexity index is 1170. The number of rotatable bonds is 5. The van der Waals surface area contributed by atoms with Gasteiger partial charge in [-0.15, -0.1) is 0 Å². The van der Waals surface area contributed by atoms with Crippen molar-refractivity contribution in [1.82, 2.24) is 19.8 Å². The molecule has 5 rings (SSSR count). The van der Waals surface area contributed by atoms with Crippen molar-refractivity contribution in [3.63, 3.8) is 0 Å². The molecule has 1 atom stereocenters. The number of hydrogen-bond donors (Lipinski definition) is 1. The second-order valence-corrected chi connectivity index (χ2v) is 9.25. The topological polar surface area (TPSA) is 76.5 Å². The average Bonchev–Trinajstić information content (AvgIpc) is 3.31. The summed E-state index contributed by atoms with van der Waals surface area (Å²) in [7, 11) is 0. The smallest absolute Gasteiger partial charge is 0.274 e. The molecule has 8 heteroatoms. The zero-order valence-corrected chi connectivity index (χ0v) is 19.6. The third-order valence-electron chi connectivity index (χ3n) is 6.61. The summed E-state index contributed by atoms with van der Waals surface area (Å²) in [4.78, 5) is 32.0. The number of nitrogens with one attached hydrogen (secondary N) is 1. The van der Waals surface area contributed by atoms with Crippen LogP contribution in [0.1, 0.15) is 46.3 Å². The molecule has 2 aromatic carbocycles. The molecule has 0 saturated carbocycles. The molecular weight excluding hydrogens is 452 g/mol. The lowest BCUT2D eigenvalue weighted by atomic mass is 9.95. The minimum atomic E-state index is -0.103. The van der Waals surface area contributed by atoms with Gasteiger partial charge in [0.05, 0.1) is 25.2 Å². The van der Waals surface area contributed by atoms with E-state index in [9.17, 15) is 9.59 Å². The Hall–Kier alpha value is -3.16. The van der Waals surface area contributed by atoms with Crippen LogP contribution in [0.2, 0.25) is 5.02 Å². The van der Waals surface area contributed by atoms with Crippen molar-refractivity contribution in [2.75, 3.05) is 13.1 Å². The fraction of sp³-hybridized carbons (Fsp3) is 0.346. The second kappa shape index (κ2) is 9.99. The van der Waals surface area contributed by atoms with E-state index in [1.807, 2.05) is 59.2 Å². The molecule has 0 bridgehead atoms. The normalized spacial score (nSPS) is 18.4. The van der Waals surface area contributed by atoms with Gasteiger partial charge in [0.15, 0.2) is 5.69 Å². The van der Waals surface area contributed by atoms with Crippen molar-refractivity contribution in [2.45, 2.75) is 38.6 Å². The quantitative estimate of drug-likeness (QED) is 0.602. The van der Waals surface area contributed by atoms with Crippen LogP contribution in [0.4, 0.5) is 0 Å². The molecule has 0 spiro atoms. The molecular formula is C26H27ClN4O3. The number of carbonyl (C=O) groups is 2. The first-order valence-electron chi connectivity index (χ1n) is 11.6. The van der Waals surface area contributed by atoms with Crippen LogP contribution in [0.3, 0.4) is 0 Å². The van der Waals surface area contributed by atoms with Crippen molar-refractivity contribution in [2.24, 2.45) is 5.92 Å². The predicted octanol–water partition coefficient (Wildman–Crippen LogP) is 3.98. The molecule has 2 aliphatic rings. The van der Waals surface area contributed by atoms with Gasteiger partial charge in [-0.3, -0.25) is 9.59 Å². The molecule has 0 unspecified atom stereocenters. The summed E-state index contributed by atoms with van der Waals surface area (Å²) in [5.74, 6) is -0.172. The fourth-order valence-electron chi connectivity index (χ4n) is 4.65. The first-order chi connectivity index (χ1) is 16.6. The first-order valence-corrected chi connectivity index (χ1v) is 12.0. The van der Waals surface area contributed by atoms with E-state index >= 15 is 0 Å². The standard InChI is InChI=1S/C26H27ClN4O3/c27-21-8-4-5-18(13-21)14-28-25(32)20-9-11-30(12-10-20)26(33)24-22-16-34-23(15-31(22)17-29-24)19-6-2-1-3-7-19/h1-8,13,17,20,23H,9-12,14-16H2,(H,28,32)/t23-/m0/s1. The fourth-order valence-corrected chi connectivity index (χ4v) is 4.86. The van der Waals surface area contributed by atoms with Gasteiger partial charge in [0, 0.05) is 30.6 Å². The number of ether oxygens (including phenoxy) is 1. The highest BCUT2D eigenvalue weighted by Gasteiger charge is 2.32. The van der Waals surface area contributed by atoms with Gasteiger partial charge in [0.25, 0.3) is 5.91 Å². The van der Waals surface area contributed by atoms with Crippen molar-refractivity contribution in [1.29, 1.82) is 0 Å². The zero-order chi connectivity index (χ0) is 23.5.